The van der Waals surface area contributed by atoms with E-state index in [1.807, 2.05) is 37.4 Å². The molecule has 3 aromatic rings. The van der Waals surface area contributed by atoms with Crippen molar-refractivity contribution in [2.45, 2.75) is 19.8 Å². The van der Waals surface area contributed by atoms with Crippen molar-refractivity contribution in [1.82, 2.24) is 9.88 Å². The van der Waals surface area contributed by atoms with Gasteiger partial charge < -0.3 is 15.2 Å². The number of amides is 2. The second-order valence-electron chi connectivity index (χ2n) is 7.30. The second-order valence-corrected chi connectivity index (χ2v) is 7.30. The number of carbonyl (C=O) groups excluding carboxylic acids is 2. The Bertz CT molecular complexity index is 1040. The topological polar surface area (TPSA) is 65.2 Å². The molecular weight excluding hydrogens is 357 g/mol. The SMILES string of the molecule is Cc1ccccc1NC(=O)[C@H]1CC(=O)N(CCc2c[nH]c3ccc(F)cc23)C1. The number of nitrogens with one attached hydrogen (secondary N) is 2. The van der Waals surface area contributed by atoms with E-state index in [9.17, 15) is 14.0 Å². The molecule has 1 atom stereocenters. The van der Waals surface area contributed by atoms with Gasteiger partial charge in [-0.2, -0.15) is 0 Å². The summed E-state index contributed by atoms with van der Waals surface area (Å²) in [5.41, 5.74) is 3.61. The van der Waals surface area contributed by atoms with Crippen LogP contribution in [-0.4, -0.2) is 34.8 Å². The Morgan fingerprint density at radius 2 is 2.11 bits per heavy atom. The van der Waals surface area contributed by atoms with Crippen LogP contribution in [0.4, 0.5) is 10.1 Å². The van der Waals surface area contributed by atoms with Crippen LogP contribution in [0.5, 0.6) is 0 Å². The number of nitrogens with zero attached hydrogens (tertiary/aromatic N) is 1. The molecule has 2 heterocycles. The van der Waals surface area contributed by atoms with Crippen molar-refractivity contribution in [3.8, 4) is 0 Å². The monoisotopic (exact) mass is 379 g/mol. The molecule has 0 saturated carbocycles. The normalized spacial score (nSPS) is 16.7. The Morgan fingerprint density at radius 1 is 1.29 bits per heavy atom. The third-order valence-electron chi connectivity index (χ3n) is 5.37. The first-order chi connectivity index (χ1) is 13.5. The van der Waals surface area contributed by atoms with Crippen LogP contribution in [0.1, 0.15) is 17.5 Å². The van der Waals surface area contributed by atoms with Gasteiger partial charge in [-0.3, -0.25) is 9.59 Å². The van der Waals surface area contributed by atoms with Crippen LogP contribution < -0.4 is 5.32 Å². The summed E-state index contributed by atoms with van der Waals surface area (Å²) in [5, 5.41) is 3.76. The van der Waals surface area contributed by atoms with Crippen molar-refractivity contribution in [3.05, 3.63) is 65.6 Å². The highest BCUT2D eigenvalue weighted by molar-refractivity contribution is 5.97. The first kappa shape index (κ1) is 18.2. The molecule has 2 amide bonds. The molecule has 6 heteroatoms. The summed E-state index contributed by atoms with van der Waals surface area (Å²) in [5.74, 6) is -0.777. The highest BCUT2D eigenvalue weighted by Gasteiger charge is 2.34. The zero-order valence-electron chi connectivity index (χ0n) is 15.7. The van der Waals surface area contributed by atoms with Crippen molar-refractivity contribution in [2.24, 2.45) is 5.92 Å². The van der Waals surface area contributed by atoms with E-state index in [1.54, 1.807) is 11.0 Å². The number of para-hydroxylation sites is 1. The Labute approximate surface area is 162 Å². The van der Waals surface area contributed by atoms with E-state index in [0.717, 1.165) is 27.7 Å². The fourth-order valence-corrected chi connectivity index (χ4v) is 3.72. The van der Waals surface area contributed by atoms with Crippen molar-refractivity contribution < 1.29 is 14.0 Å². The summed E-state index contributed by atoms with van der Waals surface area (Å²) in [4.78, 5) is 29.8. The summed E-state index contributed by atoms with van der Waals surface area (Å²) in [7, 11) is 0. The number of rotatable bonds is 5. The molecule has 0 unspecified atom stereocenters. The maximum absolute atomic E-state index is 13.5. The van der Waals surface area contributed by atoms with Gasteiger partial charge in [-0.15, -0.1) is 0 Å². The van der Waals surface area contributed by atoms with E-state index < -0.39 is 0 Å². The number of fused-ring (bicyclic) bond motifs is 1. The molecule has 1 aliphatic rings. The average molecular weight is 379 g/mol. The van der Waals surface area contributed by atoms with Crippen LogP contribution in [0.3, 0.4) is 0 Å². The number of aromatic nitrogens is 1. The van der Waals surface area contributed by atoms with Gasteiger partial charge in [-0.05, 0) is 48.7 Å². The number of halogens is 1. The number of likely N-dealkylation sites (tertiary alicyclic amines) is 1. The van der Waals surface area contributed by atoms with E-state index >= 15 is 0 Å². The molecule has 2 N–H and O–H groups in total. The number of H-pyrrole nitrogens is 1. The van der Waals surface area contributed by atoms with Gasteiger partial charge >= 0.3 is 0 Å². The maximum atomic E-state index is 13.5. The van der Waals surface area contributed by atoms with Gasteiger partial charge in [0.05, 0.1) is 5.92 Å². The largest absolute Gasteiger partial charge is 0.361 e. The average Bonchev–Trinajstić information content (AvgIpc) is 3.25. The molecule has 1 fully saturated rings. The Balaban J connectivity index is 1.38. The lowest BCUT2D eigenvalue weighted by Gasteiger charge is -2.16. The minimum Gasteiger partial charge on any atom is -0.361 e. The molecule has 5 nitrogen and oxygen atoms in total. The molecule has 1 aromatic heterocycles. The first-order valence-electron chi connectivity index (χ1n) is 9.41. The smallest absolute Gasteiger partial charge is 0.229 e. The summed E-state index contributed by atoms with van der Waals surface area (Å²) in [6.45, 7) is 2.86. The van der Waals surface area contributed by atoms with Gasteiger partial charge in [0.1, 0.15) is 5.82 Å². The molecule has 4 rings (SSSR count). The highest BCUT2D eigenvalue weighted by atomic mass is 19.1. The van der Waals surface area contributed by atoms with Crippen LogP contribution >= 0.6 is 0 Å². The lowest BCUT2D eigenvalue weighted by molar-refractivity contribution is -0.128. The van der Waals surface area contributed by atoms with Gasteiger partial charge in [-0.1, -0.05) is 18.2 Å². The third kappa shape index (κ3) is 3.63. The van der Waals surface area contributed by atoms with Gasteiger partial charge in [0.15, 0.2) is 0 Å². The molecule has 1 saturated heterocycles. The minimum absolute atomic E-state index is 0.0176. The number of benzene rings is 2. The second kappa shape index (κ2) is 7.46. The van der Waals surface area contributed by atoms with Crippen molar-refractivity contribution in [3.63, 3.8) is 0 Å². The third-order valence-corrected chi connectivity index (χ3v) is 5.37. The lowest BCUT2D eigenvalue weighted by Crippen LogP contribution is -2.30. The zero-order valence-corrected chi connectivity index (χ0v) is 15.7. The summed E-state index contributed by atoms with van der Waals surface area (Å²) in [6, 6.07) is 12.2. The fourth-order valence-electron chi connectivity index (χ4n) is 3.72. The Hall–Kier alpha value is -3.15. The van der Waals surface area contributed by atoms with Crippen molar-refractivity contribution >= 4 is 28.4 Å². The van der Waals surface area contributed by atoms with Gasteiger partial charge in [0.25, 0.3) is 0 Å². The molecule has 1 aliphatic heterocycles. The number of anilines is 1. The van der Waals surface area contributed by atoms with Gasteiger partial charge in [-0.25, -0.2) is 4.39 Å². The lowest BCUT2D eigenvalue weighted by atomic mass is 10.1. The van der Waals surface area contributed by atoms with E-state index in [0.29, 0.717) is 19.5 Å². The predicted molar refractivity (Wildman–Crippen MR) is 106 cm³/mol. The fraction of sp³-hybridized carbons (Fsp3) is 0.273. The van der Waals surface area contributed by atoms with E-state index in [2.05, 4.69) is 10.3 Å². The van der Waals surface area contributed by atoms with Gasteiger partial charge in [0, 0.05) is 42.3 Å². The van der Waals surface area contributed by atoms with E-state index in [1.165, 1.54) is 12.1 Å². The maximum Gasteiger partial charge on any atom is 0.229 e. The van der Waals surface area contributed by atoms with Crippen LogP contribution in [0, 0.1) is 18.7 Å². The molecular formula is C22H22FN3O2. The number of hydrogen-bond donors (Lipinski definition) is 2. The number of hydrogen-bond acceptors (Lipinski definition) is 2. The van der Waals surface area contributed by atoms with Crippen LogP contribution in [-0.2, 0) is 16.0 Å². The molecule has 144 valence electrons. The quantitative estimate of drug-likeness (QED) is 0.711. The number of aryl methyl sites for hydroxylation is 1. The number of aromatic amines is 1. The van der Waals surface area contributed by atoms with Crippen molar-refractivity contribution in [1.29, 1.82) is 0 Å². The summed E-state index contributed by atoms with van der Waals surface area (Å²) in [6.07, 6.45) is 2.69. The molecule has 28 heavy (non-hydrogen) atoms. The highest BCUT2D eigenvalue weighted by Crippen LogP contribution is 2.24. The molecule has 2 aromatic carbocycles. The van der Waals surface area contributed by atoms with Crippen LogP contribution in [0.15, 0.2) is 48.7 Å². The van der Waals surface area contributed by atoms with Crippen LogP contribution in [0.2, 0.25) is 0 Å². The zero-order chi connectivity index (χ0) is 19.7. The molecule has 0 spiro atoms. The molecule has 0 radical (unpaired) electrons. The molecule has 0 aliphatic carbocycles. The van der Waals surface area contributed by atoms with Gasteiger partial charge in [0.2, 0.25) is 11.8 Å². The minimum atomic E-state index is -0.354. The summed E-state index contributed by atoms with van der Waals surface area (Å²) < 4.78 is 13.5. The first-order valence-corrected chi connectivity index (χ1v) is 9.41. The van der Waals surface area contributed by atoms with E-state index in [4.69, 9.17) is 0 Å². The van der Waals surface area contributed by atoms with Crippen molar-refractivity contribution in [2.75, 3.05) is 18.4 Å². The summed E-state index contributed by atoms with van der Waals surface area (Å²) >= 11 is 0. The number of carbonyl (C=O) groups is 2. The van der Waals surface area contributed by atoms with Crippen LogP contribution in [0.25, 0.3) is 10.9 Å². The Kier molecular flexibility index (Phi) is 4.86. The van der Waals surface area contributed by atoms with E-state index in [-0.39, 0.29) is 30.0 Å². The standard InChI is InChI=1S/C22H22FN3O2/c1-14-4-2-3-5-19(14)25-22(28)16-10-21(27)26(13-16)9-8-15-12-24-20-7-6-17(23)11-18(15)20/h2-7,11-12,16,24H,8-10,13H2,1H3,(H,25,28)/t16-/m0/s1. The molecule has 0 bridgehead atoms. The predicted octanol–water partition coefficient (Wildman–Crippen LogP) is 3.65. The Morgan fingerprint density at radius 3 is 2.93 bits per heavy atom.